The van der Waals surface area contributed by atoms with Crippen LogP contribution < -0.4 is 5.32 Å². The lowest BCUT2D eigenvalue weighted by atomic mass is 9.95. The summed E-state index contributed by atoms with van der Waals surface area (Å²) in [5, 5.41) is 64.7. The minimum absolute atomic E-state index is 0.128. The fourth-order valence-electron chi connectivity index (χ4n) is 4.78. The van der Waals surface area contributed by atoms with Gasteiger partial charge < -0.3 is 64.5 Å². The summed E-state index contributed by atoms with van der Waals surface area (Å²) in [7, 11) is -4.54. The van der Waals surface area contributed by atoms with Crippen molar-refractivity contribution >= 4 is 13.7 Å². The second-order valence-electron chi connectivity index (χ2n) is 9.61. The molecular formula is C20H34NO16P. The van der Waals surface area contributed by atoms with Crippen molar-refractivity contribution < 1.29 is 77.6 Å². The minimum atomic E-state index is -4.54. The molecular weight excluding hydrogens is 541 g/mol. The summed E-state index contributed by atoms with van der Waals surface area (Å²) in [6.07, 6.45) is -18.4. The smallest absolute Gasteiger partial charge is 0.394 e. The van der Waals surface area contributed by atoms with E-state index in [1.165, 1.54) is 6.92 Å². The van der Waals surface area contributed by atoms with Crippen LogP contribution in [-0.2, 0) is 42.1 Å². The van der Waals surface area contributed by atoms with Crippen LogP contribution in [0, 0.1) is 0 Å². The second-order valence-corrected chi connectivity index (χ2v) is 11.0. The van der Waals surface area contributed by atoms with E-state index in [1.807, 2.05) is 0 Å². The highest BCUT2D eigenvalue weighted by Crippen LogP contribution is 2.51. The van der Waals surface area contributed by atoms with Gasteiger partial charge in [0, 0.05) is 13.3 Å². The number of hydrogen-bond acceptors (Lipinski definition) is 15. The van der Waals surface area contributed by atoms with Crippen LogP contribution in [0.5, 0.6) is 0 Å². The van der Waals surface area contributed by atoms with Crippen LogP contribution in [0.1, 0.15) is 20.3 Å². The van der Waals surface area contributed by atoms with Crippen LogP contribution >= 0.6 is 7.82 Å². The molecule has 220 valence electrons. The Labute approximate surface area is 216 Å². The van der Waals surface area contributed by atoms with Crippen molar-refractivity contribution in [3.05, 3.63) is 0 Å². The number of aliphatic hydroxyl groups is 6. The van der Waals surface area contributed by atoms with E-state index in [9.17, 15) is 44.9 Å². The molecule has 1 amide bonds. The zero-order chi connectivity index (χ0) is 27.9. The van der Waals surface area contributed by atoms with E-state index in [0.717, 1.165) is 6.92 Å². The molecule has 4 heterocycles. The van der Waals surface area contributed by atoms with Gasteiger partial charge in [-0.2, -0.15) is 0 Å². The Bertz CT molecular complexity index is 882. The highest BCUT2D eigenvalue weighted by atomic mass is 31.2. The maximum absolute atomic E-state index is 12.0. The number of phosphoric ester groups is 1. The third-order valence-corrected chi connectivity index (χ3v) is 7.77. The van der Waals surface area contributed by atoms with Crippen molar-refractivity contribution in [3.63, 3.8) is 0 Å². The number of aliphatic hydroxyl groups excluding tert-OH is 6. The zero-order valence-corrected chi connectivity index (χ0v) is 21.4. The van der Waals surface area contributed by atoms with Gasteiger partial charge in [0.25, 0.3) is 0 Å². The molecule has 0 aromatic heterocycles. The van der Waals surface area contributed by atoms with Gasteiger partial charge in [-0.3, -0.25) is 13.8 Å². The van der Waals surface area contributed by atoms with E-state index >= 15 is 0 Å². The number of nitrogens with one attached hydrogen (secondary N) is 1. The van der Waals surface area contributed by atoms with E-state index in [0.29, 0.717) is 0 Å². The van der Waals surface area contributed by atoms with E-state index < -0.39 is 113 Å². The van der Waals surface area contributed by atoms with Gasteiger partial charge in [0.1, 0.15) is 54.9 Å². The number of fused-ring (bicyclic) bond motifs is 1. The van der Waals surface area contributed by atoms with Gasteiger partial charge in [-0.1, -0.05) is 0 Å². The minimum Gasteiger partial charge on any atom is -0.394 e. The number of hydrogen-bond donors (Lipinski definition) is 8. The SMILES string of the molecule is CC(=O)N[C@@H]1[C@@H](O[C@@H]2O[C@@H]3COP(=O)(O)O[C@@H]3[C@H](O)[C@H]2O[C@@H]2O[C@@H](C)[C@@H](O)C[C@@H]2O)[C@H](O)[C@@H](CO)O[C@H]1O. The molecule has 0 aromatic carbocycles. The van der Waals surface area contributed by atoms with Gasteiger partial charge in [0.05, 0.1) is 25.4 Å². The highest BCUT2D eigenvalue weighted by molar-refractivity contribution is 7.47. The number of ether oxygens (including phenoxy) is 5. The molecule has 15 atom stereocenters. The standard InChI is InChI=1S/C20H34NO16P/c1-6-8(24)3-9(25)19(32-6)36-17-14(27)15-11(5-31-38(29,30)37-15)34-20(17)35-16-12(21-7(2)23)18(28)33-10(4-22)13(16)26/h6,8-20,22,24-28H,3-5H2,1-2H3,(H,21,23)(H,29,30)/t6-,8-,9-,10+,11+,12+,13+,14-,15-,16+,17+,18+,19-,20-/m0/s1. The van der Waals surface area contributed by atoms with Crippen LogP contribution in [0.4, 0.5) is 0 Å². The average Bonchev–Trinajstić information content (AvgIpc) is 2.83. The van der Waals surface area contributed by atoms with Crippen molar-refractivity contribution in [2.75, 3.05) is 13.2 Å². The second kappa shape index (κ2) is 11.9. The Morgan fingerprint density at radius 2 is 1.68 bits per heavy atom. The maximum atomic E-state index is 12.0. The molecule has 4 saturated heterocycles. The largest absolute Gasteiger partial charge is 0.472 e. The first-order chi connectivity index (χ1) is 17.8. The van der Waals surface area contributed by atoms with Crippen molar-refractivity contribution in [1.82, 2.24) is 5.32 Å². The van der Waals surface area contributed by atoms with E-state index in [1.54, 1.807) is 0 Å². The molecule has 17 nitrogen and oxygen atoms in total. The molecule has 0 bridgehead atoms. The summed E-state index contributed by atoms with van der Waals surface area (Å²) in [4.78, 5) is 21.5. The molecule has 4 rings (SSSR count). The van der Waals surface area contributed by atoms with Crippen LogP contribution in [0.15, 0.2) is 0 Å². The van der Waals surface area contributed by atoms with Crippen molar-refractivity contribution in [2.45, 2.75) is 106 Å². The molecule has 8 N–H and O–H groups in total. The monoisotopic (exact) mass is 575 g/mol. The first-order valence-corrected chi connectivity index (χ1v) is 13.5. The Balaban J connectivity index is 1.62. The number of phosphoric acid groups is 1. The normalized spacial score (nSPS) is 51.7. The summed E-state index contributed by atoms with van der Waals surface area (Å²) >= 11 is 0. The Hall–Kier alpha value is -0.860. The molecule has 4 aliphatic rings. The van der Waals surface area contributed by atoms with Crippen LogP contribution in [0.2, 0.25) is 0 Å². The van der Waals surface area contributed by atoms with E-state index in [2.05, 4.69) is 5.32 Å². The fourth-order valence-corrected chi connectivity index (χ4v) is 5.74. The number of carbonyl (C=O) groups is 1. The van der Waals surface area contributed by atoms with Crippen LogP contribution in [0.3, 0.4) is 0 Å². The summed E-state index contributed by atoms with van der Waals surface area (Å²) < 4.78 is 49.9. The van der Waals surface area contributed by atoms with Crippen molar-refractivity contribution in [3.8, 4) is 0 Å². The lowest BCUT2D eigenvalue weighted by Crippen LogP contribution is -2.68. The lowest BCUT2D eigenvalue weighted by molar-refractivity contribution is -0.375. The molecule has 0 spiro atoms. The molecule has 1 unspecified atom stereocenters. The quantitative estimate of drug-likeness (QED) is 0.140. The van der Waals surface area contributed by atoms with Gasteiger partial charge in [-0.15, -0.1) is 0 Å². The Morgan fingerprint density at radius 3 is 2.34 bits per heavy atom. The third kappa shape index (κ3) is 6.38. The van der Waals surface area contributed by atoms with E-state index in [-0.39, 0.29) is 6.42 Å². The summed E-state index contributed by atoms with van der Waals surface area (Å²) in [6.45, 7) is 1.45. The third-order valence-electron chi connectivity index (χ3n) is 6.79. The number of amides is 1. The van der Waals surface area contributed by atoms with Gasteiger partial charge in [0.15, 0.2) is 18.9 Å². The topological polar surface area (TPSA) is 252 Å². The Morgan fingerprint density at radius 1 is 1.00 bits per heavy atom. The first-order valence-electron chi connectivity index (χ1n) is 12.0. The van der Waals surface area contributed by atoms with Crippen molar-refractivity contribution in [1.29, 1.82) is 0 Å². The number of carbonyl (C=O) groups excluding carboxylic acids is 1. The Kier molecular flexibility index (Phi) is 9.46. The molecule has 4 aliphatic heterocycles. The lowest BCUT2D eigenvalue weighted by Gasteiger charge is -2.50. The van der Waals surface area contributed by atoms with Gasteiger partial charge in [-0.05, 0) is 6.92 Å². The maximum Gasteiger partial charge on any atom is 0.472 e. The molecule has 4 fully saturated rings. The molecule has 0 saturated carbocycles. The number of rotatable bonds is 6. The zero-order valence-electron chi connectivity index (χ0n) is 20.5. The molecule has 18 heteroatoms. The van der Waals surface area contributed by atoms with Crippen molar-refractivity contribution in [2.24, 2.45) is 0 Å². The molecule has 0 aliphatic carbocycles. The van der Waals surface area contributed by atoms with E-state index in [4.69, 9.17) is 32.7 Å². The summed E-state index contributed by atoms with van der Waals surface area (Å²) in [6, 6.07) is -1.37. The van der Waals surface area contributed by atoms with Gasteiger partial charge in [-0.25, -0.2) is 4.57 Å². The average molecular weight is 575 g/mol. The molecule has 0 aromatic rings. The first kappa shape index (κ1) is 30.1. The highest BCUT2D eigenvalue weighted by Gasteiger charge is 2.56. The predicted molar refractivity (Wildman–Crippen MR) is 118 cm³/mol. The van der Waals surface area contributed by atoms with Crippen LogP contribution in [0.25, 0.3) is 0 Å². The molecule has 38 heavy (non-hydrogen) atoms. The van der Waals surface area contributed by atoms with Gasteiger partial charge >= 0.3 is 7.82 Å². The predicted octanol–water partition coefficient (Wildman–Crippen LogP) is -4.21. The van der Waals surface area contributed by atoms with Gasteiger partial charge in [0.2, 0.25) is 5.91 Å². The summed E-state index contributed by atoms with van der Waals surface area (Å²) in [5.74, 6) is -0.614. The fraction of sp³-hybridized carbons (Fsp3) is 0.950. The van der Waals surface area contributed by atoms with Crippen LogP contribution in [-0.4, -0.2) is 141 Å². The molecule has 0 radical (unpaired) electrons. The summed E-state index contributed by atoms with van der Waals surface area (Å²) in [5.41, 5.74) is 0.